The summed E-state index contributed by atoms with van der Waals surface area (Å²) in [5, 5.41) is 5.35. The molecule has 4 heterocycles. The van der Waals surface area contributed by atoms with E-state index in [0.717, 1.165) is 29.0 Å². The van der Waals surface area contributed by atoms with E-state index in [-0.39, 0.29) is 23.6 Å². The predicted octanol–water partition coefficient (Wildman–Crippen LogP) is 4.90. The van der Waals surface area contributed by atoms with Gasteiger partial charge in [-0.2, -0.15) is 0 Å². The van der Waals surface area contributed by atoms with E-state index in [9.17, 15) is 9.59 Å². The number of nitrogens with zero attached hydrogens (tertiary/aromatic N) is 3. The lowest BCUT2D eigenvalue weighted by molar-refractivity contribution is 0.0462. The van der Waals surface area contributed by atoms with Crippen LogP contribution in [0.15, 0.2) is 21.6 Å². The Balaban J connectivity index is 1.55. The summed E-state index contributed by atoms with van der Waals surface area (Å²) in [6.07, 6.45) is 3.28. The minimum Gasteiger partial charge on any atom is -0.454 e. The Kier molecular flexibility index (Phi) is 6.10. The highest BCUT2D eigenvalue weighted by Crippen LogP contribution is 2.29. The molecule has 4 aromatic rings. The Morgan fingerprint density at radius 3 is 2.81 bits per heavy atom. The number of aryl methyl sites for hydroxylation is 1. The third kappa shape index (κ3) is 4.17. The summed E-state index contributed by atoms with van der Waals surface area (Å²) in [5.41, 5.74) is 2.26. The Hall–Kier alpha value is -3.07. The first-order valence-corrected chi connectivity index (χ1v) is 11.5. The summed E-state index contributed by atoms with van der Waals surface area (Å²) in [5.74, 6) is 0.371. The number of hydrogen-bond donors (Lipinski definition) is 1. The lowest BCUT2D eigenvalue weighted by Gasteiger charge is -2.08. The fourth-order valence-corrected chi connectivity index (χ4v) is 4.69. The molecule has 0 aliphatic rings. The zero-order valence-corrected chi connectivity index (χ0v) is 19.6. The first-order chi connectivity index (χ1) is 15.3. The molecule has 0 saturated carbocycles. The molecule has 168 valence electrons. The minimum absolute atomic E-state index is 0.129. The standard InChI is InChI=1S/C23H26N4O4S/c1-6-12(4)7-15-13(5)32-22-18(15)20(28)25-17(26-22)10-30-23(29)14-8-16-19(11(2)3)27-31-21(16)24-9-14/h8-9,11-12H,6-7,10H2,1-5H3,(H,25,26,28)/t12-/m1/s1. The van der Waals surface area contributed by atoms with Crippen molar-refractivity contribution in [3.63, 3.8) is 0 Å². The van der Waals surface area contributed by atoms with Crippen molar-refractivity contribution >= 4 is 38.6 Å². The summed E-state index contributed by atoms with van der Waals surface area (Å²) in [6, 6.07) is 1.67. The molecule has 0 aliphatic heterocycles. The molecule has 0 aromatic carbocycles. The van der Waals surface area contributed by atoms with Crippen LogP contribution in [0.1, 0.15) is 72.4 Å². The second-order valence-electron chi connectivity index (χ2n) is 8.42. The van der Waals surface area contributed by atoms with E-state index < -0.39 is 5.97 Å². The van der Waals surface area contributed by atoms with Gasteiger partial charge in [-0.15, -0.1) is 11.3 Å². The number of esters is 1. The third-order valence-corrected chi connectivity index (χ3v) is 6.68. The van der Waals surface area contributed by atoms with Crippen LogP contribution in [0.3, 0.4) is 0 Å². The van der Waals surface area contributed by atoms with Gasteiger partial charge in [-0.25, -0.2) is 14.8 Å². The van der Waals surface area contributed by atoms with Crippen LogP contribution in [0.2, 0.25) is 0 Å². The van der Waals surface area contributed by atoms with Crippen molar-refractivity contribution in [3.05, 3.63) is 50.1 Å². The van der Waals surface area contributed by atoms with Gasteiger partial charge in [-0.1, -0.05) is 39.3 Å². The van der Waals surface area contributed by atoms with E-state index >= 15 is 0 Å². The maximum atomic E-state index is 12.8. The monoisotopic (exact) mass is 454 g/mol. The van der Waals surface area contributed by atoms with Crippen LogP contribution in [0, 0.1) is 12.8 Å². The Morgan fingerprint density at radius 1 is 1.31 bits per heavy atom. The summed E-state index contributed by atoms with van der Waals surface area (Å²) in [4.78, 5) is 38.6. The van der Waals surface area contributed by atoms with E-state index in [1.54, 1.807) is 6.07 Å². The van der Waals surface area contributed by atoms with Crippen LogP contribution in [-0.4, -0.2) is 26.1 Å². The zero-order valence-electron chi connectivity index (χ0n) is 18.8. The number of pyridine rings is 1. The molecule has 0 bridgehead atoms. The molecule has 0 spiro atoms. The number of carbonyl (C=O) groups excluding carboxylic acids is 1. The van der Waals surface area contributed by atoms with Crippen molar-refractivity contribution in [2.45, 2.75) is 60.0 Å². The summed E-state index contributed by atoms with van der Waals surface area (Å²) in [6.45, 7) is 10.2. The number of hydrogen-bond acceptors (Lipinski definition) is 8. The van der Waals surface area contributed by atoms with Crippen molar-refractivity contribution < 1.29 is 14.1 Å². The number of fused-ring (bicyclic) bond motifs is 2. The van der Waals surface area contributed by atoms with Crippen molar-refractivity contribution in [1.82, 2.24) is 20.1 Å². The lowest BCUT2D eigenvalue weighted by Crippen LogP contribution is -2.15. The van der Waals surface area contributed by atoms with E-state index in [0.29, 0.717) is 33.1 Å². The van der Waals surface area contributed by atoms with Gasteiger partial charge in [0.25, 0.3) is 11.3 Å². The van der Waals surface area contributed by atoms with Gasteiger partial charge in [0.1, 0.15) is 17.3 Å². The predicted molar refractivity (Wildman–Crippen MR) is 123 cm³/mol. The maximum Gasteiger partial charge on any atom is 0.340 e. The van der Waals surface area contributed by atoms with Gasteiger partial charge in [-0.3, -0.25) is 4.79 Å². The smallest absolute Gasteiger partial charge is 0.340 e. The molecular weight excluding hydrogens is 428 g/mol. The summed E-state index contributed by atoms with van der Waals surface area (Å²) < 4.78 is 10.6. The van der Waals surface area contributed by atoms with Gasteiger partial charge in [-0.05, 0) is 36.8 Å². The second-order valence-corrected chi connectivity index (χ2v) is 9.63. The number of aromatic amines is 1. The molecule has 1 atom stereocenters. The van der Waals surface area contributed by atoms with E-state index in [1.807, 2.05) is 20.8 Å². The Morgan fingerprint density at radius 2 is 2.09 bits per heavy atom. The van der Waals surface area contributed by atoms with Crippen molar-refractivity contribution in [2.24, 2.45) is 5.92 Å². The molecular formula is C23H26N4O4S. The van der Waals surface area contributed by atoms with Crippen LogP contribution in [0.4, 0.5) is 0 Å². The zero-order chi connectivity index (χ0) is 23.0. The molecule has 0 amide bonds. The number of ether oxygens (including phenoxy) is 1. The Bertz CT molecular complexity index is 1350. The molecule has 0 fully saturated rings. The SMILES string of the molecule is CC[C@@H](C)Cc1c(C)sc2nc(COC(=O)c3cnc4onc(C(C)C)c4c3)[nH]c(=O)c12. The number of carbonyl (C=O) groups is 1. The average Bonchev–Trinajstić information content (AvgIpc) is 3.32. The molecule has 32 heavy (non-hydrogen) atoms. The van der Waals surface area contributed by atoms with Gasteiger partial charge < -0.3 is 14.2 Å². The first kappa shape index (κ1) is 22.1. The average molecular weight is 455 g/mol. The van der Waals surface area contributed by atoms with Crippen LogP contribution >= 0.6 is 11.3 Å². The first-order valence-electron chi connectivity index (χ1n) is 10.7. The minimum atomic E-state index is -0.558. The fraction of sp³-hybridized carbons (Fsp3) is 0.435. The van der Waals surface area contributed by atoms with Gasteiger partial charge in [0.2, 0.25) is 0 Å². The molecule has 8 nitrogen and oxygen atoms in total. The molecule has 9 heteroatoms. The van der Waals surface area contributed by atoms with Crippen molar-refractivity contribution in [1.29, 1.82) is 0 Å². The Labute approximate surface area is 189 Å². The maximum absolute atomic E-state index is 12.8. The topological polar surface area (TPSA) is 111 Å². The quantitative estimate of drug-likeness (QED) is 0.395. The molecule has 0 unspecified atom stereocenters. The van der Waals surface area contributed by atoms with Gasteiger partial charge >= 0.3 is 5.97 Å². The van der Waals surface area contributed by atoms with Crippen LogP contribution in [-0.2, 0) is 17.8 Å². The molecule has 4 rings (SSSR count). The highest BCUT2D eigenvalue weighted by molar-refractivity contribution is 7.18. The second kappa shape index (κ2) is 8.82. The highest BCUT2D eigenvalue weighted by atomic mass is 32.1. The number of aromatic nitrogens is 4. The number of nitrogens with one attached hydrogen (secondary N) is 1. The van der Waals surface area contributed by atoms with Crippen LogP contribution in [0.25, 0.3) is 21.3 Å². The third-order valence-electron chi connectivity index (χ3n) is 5.64. The number of H-pyrrole nitrogens is 1. The fourth-order valence-electron chi connectivity index (χ4n) is 3.62. The van der Waals surface area contributed by atoms with Crippen LogP contribution < -0.4 is 5.56 Å². The lowest BCUT2D eigenvalue weighted by atomic mass is 9.98. The normalized spacial score (nSPS) is 12.7. The van der Waals surface area contributed by atoms with Crippen molar-refractivity contribution in [2.75, 3.05) is 0 Å². The molecule has 0 radical (unpaired) electrons. The molecule has 1 N–H and O–H groups in total. The van der Waals surface area contributed by atoms with Gasteiger partial charge in [0.05, 0.1) is 22.0 Å². The van der Waals surface area contributed by atoms with E-state index in [1.165, 1.54) is 17.5 Å². The highest BCUT2D eigenvalue weighted by Gasteiger charge is 2.19. The summed E-state index contributed by atoms with van der Waals surface area (Å²) >= 11 is 1.50. The molecule has 0 saturated heterocycles. The molecule has 4 aromatic heterocycles. The number of thiophene rings is 1. The van der Waals surface area contributed by atoms with Crippen molar-refractivity contribution in [3.8, 4) is 0 Å². The van der Waals surface area contributed by atoms with E-state index in [4.69, 9.17) is 9.26 Å². The largest absolute Gasteiger partial charge is 0.454 e. The number of rotatable bonds is 7. The van der Waals surface area contributed by atoms with Crippen LogP contribution in [0.5, 0.6) is 0 Å². The summed E-state index contributed by atoms with van der Waals surface area (Å²) in [7, 11) is 0. The molecule has 0 aliphatic carbocycles. The van der Waals surface area contributed by atoms with Gasteiger partial charge in [0.15, 0.2) is 0 Å². The van der Waals surface area contributed by atoms with E-state index in [2.05, 4.69) is 34.0 Å². The van der Waals surface area contributed by atoms with Gasteiger partial charge in [0, 0.05) is 11.1 Å².